The molecule has 2 aliphatic heterocycles. The van der Waals surface area contributed by atoms with Crippen molar-refractivity contribution in [2.75, 3.05) is 31.6 Å². The average Bonchev–Trinajstić information content (AvgIpc) is 3.17. The highest BCUT2D eigenvalue weighted by Crippen LogP contribution is 2.64. The van der Waals surface area contributed by atoms with Gasteiger partial charge in [-0.15, -0.1) is 10.2 Å². The number of allylic oxidation sites excluding steroid dienone is 3. The molecule has 8 heteroatoms. The van der Waals surface area contributed by atoms with Crippen LogP contribution in [0.3, 0.4) is 0 Å². The molecule has 1 aromatic carbocycles. The minimum absolute atomic E-state index is 0.0402. The van der Waals surface area contributed by atoms with E-state index in [1.165, 1.54) is 22.0 Å². The van der Waals surface area contributed by atoms with Gasteiger partial charge in [-0.05, 0) is 11.8 Å². The summed E-state index contributed by atoms with van der Waals surface area (Å²) in [6.45, 7) is 7.84. The summed E-state index contributed by atoms with van der Waals surface area (Å²) in [6, 6.07) is 10.5. The zero-order valence-electron chi connectivity index (χ0n) is 16.1. The van der Waals surface area contributed by atoms with Crippen molar-refractivity contribution in [3.63, 3.8) is 0 Å². The molecule has 0 radical (unpaired) electrons. The number of morpholine rings is 1. The zero-order valence-corrected chi connectivity index (χ0v) is 17.8. The number of benzene rings is 1. The second kappa shape index (κ2) is 6.55. The smallest absolute Gasteiger partial charge is 0.233 e. The molecule has 3 heterocycles. The molecule has 1 N–H and O–H groups in total. The molecule has 3 aliphatic rings. The number of fused-ring (bicyclic) bond motifs is 1. The Bertz CT molecular complexity index is 1020. The van der Waals surface area contributed by atoms with Gasteiger partial charge in [0.15, 0.2) is 0 Å². The average molecular weight is 413 g/mol. The molecule has 0 amide bonds. The quantitative estimate of drug-likeness (QED) is 0.764. The summed E-state index contributed by atoms with van der Waals surface area (Å²) < 4.78 is 7.72. The van der Waals surface area contributed by atoms with Crippen LogP contribution in [0.4, 0.5) is 5.95 Å². The van der Waals surface area contributed by atoms with Crippen LogP contribution in [0, 0.1) is 5.41 Å². The highest BCUT2D eigenvalue weighted by atomic mass is 32.4. The normalized spacial score (nSPS) is 26.2. The molecule has 1 atom stereocenters. The monoisotopic (exact) mass is 413 g/mol. The lowest BCUT2D eigenvalue weighted by molar-refractivity contribution is 0.0542. The van der Waals surface area contributed by atoms with E-state index >= 15 is 0 Å². The molecule has 146 valence electrons. The van der Waals surface area contributed by atoms with Gasteiger partial charge in [0, 0.05) is 29.8 Å². The van der Waals surface area contributed by atoms with Crippen LogP contribution in [0.2, 0.25) is 0 Å². The highest BCUT2D eigenvalue weighted by Gasteiger charge is 2.43. The summed E-state index contributed by atoms with van der Waals surface area (Å²) in [7, 11) is 0. The van der Waals surface area contributed by atoms with Crippen LogP contribution in [-0.4, -0.2) is 45.7 Å². The van der Waals surface area contributed by atoms with E-state index in [0.29, 0.717) is 0 Å². The van der Waals surface area contributed by atoms with Crippen LogP contribution in [0.15, 0.2) is 59.4 Å². The Morgan fingerprint density at radius 2 is 1.93 bits per heavy atom. The Labute approximate surface area is 170 Å². The number of aromatic nitrogens is 3. The van der Waals surface area contributed by atoms with Crippen molar-refractivity contribution < 1.29 is 4.74 Å². The number of hydrogen-bond donors (Lipinski definition) is 1. The fourth-order valence-electron chi connectivity index (χ4n) is 4.31. The van der Waals surface area contributed by atoms with Gasteiger partial charge in [-0.1, -0.05) is 62.1 Å². The maximum absolute atomic E-state index is 6.55. The lowest BCUT2D eigenvalue weighted by Crippen LogP contribution is -2.40. The van der Waals surface area contributed by atoms with E-state index in [0.717, 1.165) is 38.7 Å². The first-order valence-corrected chi connectivity index (χ1v) is 12.4. The summed E-state index contributed by atoms with van der Waals surface area (Å²) in [6.07, 6.45) is 2.79. The third kappa shape index (κ3) is 2.76. The summed E-state index contributed by atoms with van der Waals surface area (Å²) in [5.41, 5.74) is 2.49. The Kier molecular flexibility index (Phi) is 4.23. The molecule has 5 rings (SSSR count). The van der Waals surface area contributed by atoms with E-state index in [-0.39, 0.29) is 5.41 Å². The van der Waals surface area contributed by atoms with Crippen molar-refractivity contribution >= 4 is 29.2 Å². The Morgan fingerprint density at radius 1 is 1.18 bits per heavy atom. The van der Waals surface area contributed by atoms with Crippen molar-refractivity contribution in [3.05, 3.63) is 59.4 Å². The van der Waals surface area contributed by atoms with Gasteiger partial charge in [0.25, 0.3) is 0 Å². The molecular weight excluding hydrogens is 389 g/mol. The van der Waals surface area contributed by atoms with Gasteiger partial charge in [-0.25, -0.2) is 0 Å². The van der Waals surface area contributed by atoms with E-state index in [2.05, 4.69) is 68.9 Å². The SMILES string of the molecule is CC1(C)C=C(N2CCOCC2)C2=C(C1)Nc1nncn1[P@@]2(=S)c1ccccc1. The largest absolute Gasteiger partial charge is 0.378 e. The first-order valence-electron chi connectivity index (χ1n) is 9.62. The van der Waals surface area contributed by atoms with Crippen molar-refractivity contribution in [1.29, 1.82) is 0 Å². The van der Waals surface area contributed by atoms with Crippen LogP contribution in [0.1, 0.15) is 20.3 Å². The molecule has 0 unspecified atom stereocenters. The molecule has 28 heavy (non-hydrogen) atoms. The second-order valence-corrected chi connectivity index (χ2v) is 12.3. The molecule has 1 saturated heterocycles. The molecule has 1 aromatic heterocycles. The number of hydrogen-bond acceptors (Lipinski definition) is 6. The summed E-state index contributed by atoms with van der Waals surface area (Å²) >= 11 is 6.55. The molecule has 0 bridgehead atoms. The van der Waals surface area contributed by atoms with E-state index < -0.39 is 6.19 Å². The number of nitrogens with zero attached hydrogens (tertiary/aromatic N) is 4. The molecule has 0 saturated carbocycles. The first kappa shape index (κ1) is 18.1. The number of anilines is 1. The first-order chi connectivity index (χ1) is 13.5. The van der Waals surface area contributed by atoms with E-state index in [1.807, 2.05) is 6.07 Å². The standard InChI is InChI=1S/C20H24N5OPS/c1-20(2)12-16-18(17(13-20)24-8-10-26-11-9-24)27(28,15-6-4-3-5-7-15)25-14-21-23-19(25)22-16/h3-7,13-14H,8-12H2,1-2H3,(H,22,23)/t27-/m1/s1. The van der Waals surface area contributed by atoms with Crippen LogP contribution in [0.25, 0.3) is 0 Å². The van der Waals surface area contributed by atoms with Gasteiger partial charge in [0.1, 0.15) is 12.5 Å². The predicted octanol–water partition coefficient (Wildman–Crippen LogP) is 3.13. The van der Waals surface area contributed by atoms with Gasteiger partial charge in [-0.2, -0.15) is 0 Å². The third-order valence-electron chi connectivity index (χ3n) is 5.55. The molecule has 6 nitrogen and oxygen atoms in total. The Hall–Kier alpha value is -1.95. The fraction of sp³-hybridized carbons (Fsp3) is 0.400. The Balaban J connectivity index is 1.75. The maximum atomic E-state index is 6.55. The number of nitrogens with one attached hydrogen (secondary N) is 1. The number of rotatable bonds is 2. The number of ether oxygens (including phenoxy) is 1. The fourth-order valence-corrected chi connectivity index (χ4v) is 8.51. The van der Waals surface area contributed by atoms with E-state index in [9.17, 15) is 0 Å². The van der Waals surface area contributed by atoms with Crippen molar-refractivity contribution in [1.82, 2.24) is 19.4 Å². The molecule has 1 fully saturated rings. The van der Waals surface area contributed by atoms with Crippen LogP contribution in [0.5, 0.6) is 0 Å². The molecule has 0 spiro atoms. The zero-order chi connectivity index (χ0) is 19.4. The predicted molar refractivity (Wildman–Crippen MR) is 115 cm³/mol. The minimum atomic E-state index is -2.33. The third-order valence-corrected chi connectivity index (χ3v) is 10.3. The van der Waals surface area contributed by atoms with Crippen molar-refractivity contribution in [2.45, 2.75) is 20.3 Å². The highest BCUT2D eigenvalue weighted by molar-refractivity contribution is 8.19. The lowest BCUT2D eigenvalue weighted by Gasteiger charge is -2.44. The summed E-state index contributed by atoms with van der Waals surface area (Å²) in [5.74, 6) is 0.755. The van der Waals surface area contributed by atoms with Crippen LogP contribution < -0.4 is 10.6 Å². The minimum Gasteiger partial charge on any atom is -0.378 e. The van der Waals surface area contributed by atoms with Crippen molar-refractivity contribution in [2.24, 2.45) is 5.41 Å². The van der Waals surface area contributed by atoms with Gasteiger partial charge in [0.05, 0.1) is 18.5 Å². The van der Waals surface area contributed by atoms with E-state index in [1.54, 1.807) is 6.33 Å². The molecule has 2 aromatic rings. The lowest BCUT2D eigenvalue weighted by atomic mass is 9.82. The van der Waals surface area contributed by atoms with Gasteiger partial charge in [-0.3, -0.25) is 4.34 Å². The maximum Gasteiger partial charge on any atom is 0.233 e. The van der Waals surface area contributed by atoms with Gasteiger partial charge < -0.3 is 15.0 Å². The Morgan fingerprint density at radius 3 is 2.68 bits per heavy atom. The van der Waals surface area contributed by atoms with Crippen LogP contribution >= 0.6 is 6.19 Å². The van der Waals surface area contributed by atoms with Crippen molar-refractivity contribution in [3.8, 4) is 0 Å². The van der Waals surface area contributed by atoms with Gasteiger partial charge in [0.2, 0.25) is 5.95 Å². The van der Waals surface area contributed by atoms with E-state index in [4.69, 9.17) is 16.5 Å². The summed E-state index contributed by atoms with van der Waals surface area (Å²) in [5, 5.41) is 14.5. The molecule has 1 aliphatic carbocycles. The topological polar surface area (TPSA) is 55.2 Å². The summed E-state index contributed by atoms with van der Waals surface area (Å²) in [4.78, 5) is 2.45. The second-order valence-electron chi connectivity index (χ2n) is 8.16. The van der Waals surface area contributed by atoms with Crippen LogP contribution in [-0.2, 0) is 16.5 Å². The van der Waals surface area contributed by atoms with Gasteiger partial charge >= 0.3 is 0 Å². The molecular formula is C20H24N5OPS.